The van der Waals surface area contributed by atoms with Gasteiger partial charge in [-0.3, -0.25) is 9.59 Å². The van der Waals surface area contributed by atoms with Crippen molar-refractivity contribution in [1.82, 2.24) is 9.46 Å². The monoisotopic (exact) mass is 286 g/mol. The van der Waals surface area contributed by atoms with Gasteiger partial charge in [0, 0.05) is 44.0 Å². The molecule has 17 heavy (non-hydrogen) atoms. The molecular formula is C10H10N2O4Zn. The summed E-state index contributed by atoms with van der Waals surface area (Å²) in [6.45, 7) is 0. The van der Waals surface area contributed by atoms with Gasteiger partial charge in [-0.25, -0.2) is 0 Å². The molecule has 0 fully saturated rings. The van der Waals surface area contributed by atoms with Gasteiger partial charge in [-0.05, 0) is 12.1 Å². The first kappa shape index (κ1) is 15.1. The summed E-state index contributed by atoms with van der Waals surface area (Å²) in [4.78, 5) is 20.7. The third-order valence-corrected chi connectivity index (χ3v) is 1.61. The van der Waals surface area contributed by atoms with Crippen LogP contribution in [0.25, 0.3) is 0 Å². The Morgan fingerprint density at radius 2 is 1.12 bits per heavy atom. The molecule has 0 amide bonds. The molecule has 2 aromatic heterocycles. The van der Waals surface area contributed by atoms with E-state index in [0.717, 1.165) is 0 Å². The van der Waals surface area contributed by atoms with E-state index in [-0.39, 0.29) is 19.5 Å². The Bertz CT molecular complexity index is 513. The zero-order valence-corrected chi connectivity index (χ0v) is 11.9. The molecule has 7 heteroatoms. The summed E-state index contributed by atoms with van der Waals surface area (Å²) in [5.41, 5.74) is -0.819. The predicted molar refractivity (Wildman–Crippen MR) is 55.8 cm³/mol. The standard InChI is InChI=1S/2C5H5NO2.Zn/c2*7-5-3-1-2-4-6(5)8;/h2*1-4,8H;. The van der Waals surface area contributed by atoms with Crippen LogP contribution in [0.2, 0.25) is 0 Å². The Kier molecular flexibility index (Phi) is 6.59. The van der Waals surface area contributed by atoms with Crippen LogP contribution in [0.3, 0.4) is 0 Å². The normalized spacial score (nSPS) is 8.47. The van der Waals surface area contributed by atoms with Gasteiger partial charge in [-0.1, -0.05) is 12.1 Å². The van der Waals surface area contributed by atoms with Crippen LogP contribution in [-0.4, -0.2) is 19.9 Å². The van der Waals surface area contributed by atoms with Crippen molar-refractivity contribution < 1.29 is 29.9 Å². The van der Waals surface area contributed by atoms with E-state index in [1.807, 2.05) is 0 Å². The van der Waals surface area contributed by atoms with Crippen LogP contribution >= 0.6 is 0 Å². The van der Waals surface area contributed by atoms with Crippen molar-refractivity contribution in [3.63, 3.8) is 0 Å². The number of rotatable bonds is 0. The van der Waals surface area contributed by atoms with Crippen molar-refractivity contribution in [2.24, 2.45) is 0 Å². The van der Waals surface area contributed by atoms with Crippen molar-refractivity contribution in [2.45, 2.75) is 0 Å². The topological polar surface area (TPSA) is 84.5 Å². The van der Waals surface area contributed by atoms with Gasteiger partial charge in [-0.15, -0.1) is 0 Å². The van der Waals surface area contributed by atoms with E-state index in [9.17, 15) is 9.59 Å². The molecule has 0 bridgehead atoms. The summed E-state index contributed by atoms with van der Waals surface area (Å²) in [7, 11) is 0. The molecule has 2 rings (SSSR count). The third-order valence-electron chi connectivity index (χ3n) is 1.61. The van der Waals surface area contributed by atoms with Crippen LogP contribution in [0.15, 0.2) is 58.4 Å². The van der Waals surface area contributed by atoms with Gasteiger partial charge >= 0.3 is 0 Å². The fraction of sp³-hybridized carbons (Fsp3) is 0. The number of nitrogens with zero attached hydrogens (tertiary/aromatic N) is 2. The number of aromatic nitrogens is 2. The van der Waals surface area contributed by atoms with Crippen LogP contribution in [0.1, 0.15) is 0 Å². The SMILES string of the molecule is O=c1ccccn1O.O=c1ccccn1O.[Zn]. The van der Waals surface area contributed by atoms with E-state index in [4.69, 9.17) is 10.4 Å². The molecule has 0 spiro atoms. The van der Waals surface area contributed by atoms with Gasteiger partial charge in [0.05, 0.1) is 0 Å². The summed E-state index contributed by atoms with van der Waals surface area (Å²) in [5, 5.41) is 17.0. The second kappa shape index (κ2) is 7.41. The molecule has 0 saturated heterocycles. The Labute approximate surface area is 109 Å². The molecular weight excluding hydrogens is 278 g/mol. The minimum absolute atomic E-state index is 0. The smallest absolute Gasteiger partial charge is 0.282 e. The quantitative estimate of drug-likeness (QED) is 0.534. The average molecular weight is 288 g/mol. The van der Waals surface area contributed by atoms with Crippen molar-refractivity contribution in [2.75, 3.05) is 0 Å². The van der Waals surface area contributed by atoms with Gasteiger partial charge < -0.3 is 10.4 Å². The predicted octanol–water partition coefficient (Wildman–Crippen LogP) is 0.169. The minimum atomic E-state index is -0.410. The van der Waals surface area contributed by atoms with Gasteiger partial charge in [0.15, 0.2) is 0 Å². The van der Waals surface area contributed by atoms with E-state index in [1.54, 1.807) is 24.3 Å². The van der Waals surface area contributed by atoms with Crippen molar-refractivity contribution in [3.8, 4) is 0 Å². The Balaban J connectivity index is 0.000000284. The van der Waals surface area contributed by atoms with Crippen molar-refractivity contribution in [3.05, 3.63) is 69.5 Å². The fourth-order valence-electron chi connectivity index (χ4n) is 0.838. The number of pyridine rings is 2. The first-order chi connectivity index (χ1) is 7.61. The first-order valence-electron chi connectivity index (χ1n) is 4.35. The van der Waals surface area contributed by atoms with E-state index >= 15 is 0 Å². The maximum atomic E-state index is 10.3. The van der Waals surface area contributed by atoms with Crippen molar-refractivity contribution >= 4 is 0 Å². The second-order valence-corrected chi connectivity index (χ2v) is 2.77. The van der Waals surface area contributed by atoms with Crippen LogP contribution in [0, 0.1) is 0 Å². The molecule has 0 atom stereocenters. The second-order valence-electron chi connectivity index (χ2n) is 2.77. The molecule has 0 saturated carbocycles. The maximum absolute atomic E-state index is 10.3. The largest absolute Gasteiger partial charge is 0.425 e. The molecule has 2 heterocycles. The minimum Gasteiger partial charge on any atom is -0.425 e. The van der Waals surface area contributed by atoms with Gasteiger partial charge in [0.1, 0.15) is 0 Å². The maximum Gasteiger partial charge on any atom is 0.282 e. The molecule has 0 aromatic carbocycles. The Morgan fingerprint density at radius 1 is 0.765 bits per heavy atom. The number of hydrogen-bond donors (Lipinski definition) is 2. The molecule has 2 aromatic rings. The molecule has 0 aliphatic heterocycles. The summed E-state index contributed by atoms with van der Waals surface area (Å²) in [5.74, 6) is 0. The van der Waals surface area contributed by atoms with Gasteiger partial charge in [-0.2, -0.15) is 9.46 Å². The van der Waals surface area contributed by atoms with Crippen molar-refractivity contribution in [1.29, 1.82) is 0 Å². The van der Waals surface area contributed by atoms with E-state index in [2.05, 4.69) is 0 Å². The zero-order chi connectivity index (χ0) is 12.0. The first-order valence-corrected chi connectivity index (χ1v) is 4.35. The molecule has 0 aliphatic rings. The summed E-state index contributed by atoms with van der Waals surface area (Å²) >= 11 is 0. The third kappa shape index (κ3) is 5.13. The summed E-state index contributed by atoms with van der Waals surface area (Å²) in [6.07, 6.45) is 2.56. The zero-order valence-electron chi connectivity index (χ0n) is 8.93. The fourth-order valence-corrected chi connectivity index (χ4v) is 0.838. The summed E-state index contributed by atoms with van der Waals surface area (Å²) in [6, 6.07) is 8.83. The van der Waals surface area contributed by atoms with Crippen LogP contribution < -0.4 is 11.1 Å². The molecule has 2 N–H and O–H groups in total. The van der Waals surface area contributed by atoms with Gasteiger partial charge in [0.2, 0.25) is 0 Å². The Hall–Kier alpha value is -1.88. The molecule has 0 radical (unpaired) electrons. The van der Waals surface area contributed by atoms with Crippen LogP contribution in [0.5, 0.6) is 0 Å². The molecule has 0 aliphatic carbocycles. The van der Waals surface area contributed by atoms with Crippen LogP contribution in [-0.2, 0) is 19.5 Å². The average Bonchev–Trinajstić information content (AvgIpc) is 2.28. The van der Waals surface area contributed by atoms with E-state index < -0.39 is 11.1 Å². The van der Waals surface area contributed by atoms with E-state index in [1.165, 1.54) is 24.5 Å². The molecule has 86 valence electrons. The molecule has 0 unspecified atom stereocenters. The molecule has 6 nitrogen and oxygen atoms in total. The Morgan fingerprint density at radius 3 is 1.29 bits per heavy atom. The number of hydrogen-bond acceptors (Lipinski definition) is 4. The summed E-state index contributed by atoms with van der Waals surface area (Å²) < 4.78 is 1.06. The van der Waals surface area contributed by atoms with Gasteiger partial charge in [0.25, 0.3) is 11.1 Å². The van der Waals surface area contributed by atoms with Crippen LogP contribution in [0.4, 0.5) is 0 Å². The van der Waals surface area contributed by atoms with E-state index in [0.29, 0.717) is 9.46 Å².